The third kappa shape index (κ3) is 135. The Balaban J connectivity index is -0.000000155. The Bertz CT molecular complexity index is 1480. The molecule has 0 amide bonds. The van der Waals surface area contributed by atoms with Crippen molar-refractivity contribution in [2.24, 2.45) is 0 Å². The number of thiocarbonyl (C=S) groups is 2. The van der Waals surface area contributed by atoms with E-state index in [1.807, 2.05) is 0 Å². The summed E-state index contributed by atoms with van der Waals surface area (Å²) in [4.78, 5) is 45.2. The summed E-state index contributed by atoms with van der Waals surface area (Å²) in [6.07, 6.45) is 89.0. The smallest absolute Gasteiger partial charge is 0.550 e. The first-order chi connectivity index (χ1) is 50.5. The molecule has 0 aromatic heterocycles. The molecule has 10 nitrogen and oxygen atoms in total. The van der Waals surface area contributed by atoms with E-state index < -0.39 is 23.9 Å². The van der Waals surface area contributed by atoms with Crippen LogP contribution in [0.3, 0.4) is 0 Å². The summed E-state index contributed by atoms with van der Waals surface area (Å²) >= 11 is 19.9. The maximum Gasteiger partial charge on any atom is 2.00 e. The molecule has 0 aliphatic carbocycles. The number of carboxylic acids is 4. The second kappa shape index (κ2) is 117. The molecule has 0 rings (SSSR count). The zero-order chi connectivity index (χ0) is 78.4. The molecular formula is C90H176N2O8S4Zn3. The largest absolute Gasteiger partial charge is 2.00 e. The van der Waals surface area contributed by atoms with Crippen molar-refractivity contribution >= 4 is 82.2 Å². The molecule has 624 valence electrons. The van der Waals surface area contributed by atoms with E-state index in [1.54, 1.807) is 0 Å². The van der Waals surface area contributed by atoms with Crippen LogP contribution in [0.2, 0.25) is 0 Å². The SMILES string of the molecule is CCCCCCCCCCCCCCCCCC(=O)[O-].CCCCCCCCCCCCCCCCCC(=O)[O-].CCCCCCCCCCCCCCCCCC(=O)[O-].CCCCCCCCCCCCCCCCCC(=O)[O-].CCCCN(CCCC)C(=S)[S-].CCCCN(CCCC)C(=S)[S-].[Zn+2].[Zn+2].[Zn+2]. The van der Waals surface area contributed by atoms with Crippen LogP contribution >= 0.6 is 24.4 Å². The van der Waals surface area contributed by atoms with Crippen molar-refractivity contribution in [3.8, 4) is 0 Å². The molecule has 0 bridgehead atoms. The van der Waals surface area contributed by atoms with Crippen LogP contribution in [0, 0.1) is 0 Å². The zero-order valence-electron chi connectivity index (χ0n) is 72.7. The third-order valence-corrected chi connectivity index (χ3v) is 20.6. The summed E-state index contributed by atoms with van der Waals surface area (Å²) < 4.78 is 1.27. The molecule has 107 heavy (non-hydrogen) atoms. The van der Waals surface area contributed by atoms with Gasteiger partial charge >= 0.3 is 58.4 Å². The number of nitrogens with zero attached hydrogens (tertiary/aromatic N) is 2. The van der Waals surface area contributed by atoms with Gasteiger partial charge in [-0.25, -0.2) is 0 Å². The van der Waals surface area contributed by atoms with Crippen LogP contribution in [-0.2, 0) is 103 Å². The number of hydrogen-bond donors (Lipinski definition) is 0. The van der Waals surface area contributed by atoms with Gasteiger partial charge in [0.05, 0.1) is 0 Å². The topological polar surface area (TPSA) is 167 Å². The molecule has 0 atom stereocenters. The van der Waals surface area contributed by atoms with Gasteiger partial charge in [-0.15, -0.1) is 0 Å². The predicted octanol–water partition coefficient (Wildman–Crippen LogP) is 25.4. The summed E-state index contributed by atoms with van der Waals surface area (Å²) in [6.45, 7) is 22.0. The van der Waals surface area contributed by atoms with Gasteiger partial charge in [-0.2, -0.15) is 0 Å². The molecule has 0 fully saturated rings. The van der Waals surface area contributed by atoms with E-state index in [0.29, 0.717) is 8.64 Å². The van der Waals surface area contributed by atoms with Crippen molar-refractivity contribution in [3.63, 3.8) is 0 Å². The van der Waals surface area contributed by atoms with Gasteiger partial charge in [0.1, 0.15) is 0 Å². The fourth-order valence-electron chi connectivity index (χ4n) is 12.5. The number of aliphatic carboxylic acids is 4. The van der Waals surface area contributed by atoms with Gasteiger partial charge in [-0.05, 0) is 77.0 Å². The molecule has 0 aliphatic rings. The summed E-state index contributed by atoms with van der Waals surface area (Å²) in [7, 11) is 0. The third-order valence-electron chi connectivity index (χ3n) is 19.6. The van der Waals surface area contributed by atoms with Crippen molar-refractivity contribution < 1.29 is 98.0 Å². The molecule has 0 unspecified atom stereocenters. The van der Waals surface area contributed by atoms with E-state index in [2.05, 4.69) is 65.2 Å². The van der Waals surface area contributed by atoms with Crippen LogP contribution in [0.1, 0.15) is 518 Å². The minimum absolute atomic E-state index is 0. The van der Waals surface area contributed by atoms with Crippen molar-refractivity contribution in [3.05, 3.63) is 0 Å². The molecule has 0 N–H and O–H groups in total. The maximum absolute atomic E-state index is 10.2. The summed E-state index contributed by atoms with van der Waals surface area (Å²) in [6, 6.07) is 0. The molecule has 0 saturated heterocycles. The number of carboxylic acid groups (broad SMARTS) is 4. The Morgan fingerprint density at radius 3 is 0.374 bits per heavy atom. The maximum atomic E-state index is 10.2. The van der Waals surface area contributed by atoms with Crippen molar-refractivity contribution in [1.82, 2.24) is 9.80 Å². The number of rotatable bonds is 76. The average molecular weight is 1740 g/mol. The van der Waals surface area contributed by atoms with Gasteiger partial charge in [0.2, 0.25) is 0 Å². The fraction of sp³-hybridized carbons (Fsp3) is 0.933. The molecule has 0 saturated carbocycles. The van der Waals surface area contributed by atoms with E-state index in [9.17, 15) is 39.6 Å². The van der Waals surface area contributed by atoms with Gasteiger partial charge in [0.15, 0.2) is 0 Å². The van der Waals surface area contributed by atoms with Crippen LogP contribution in [0.15, 0.2) is 0 Å². The molecular weight excluding hydrogens is 1560 g/mol. The summed E-state index contributed by atoms with van der Waals surface area (Å²) in [5.74, 6) is -3.61. The Hall–Kier alpha value is -0.0299. The van der Waals surface area contributed by atoms with Gasteiger partial charge in [0, 0.05) is 50.1 Å². The van der Waals surface area contributed by atoms with Crippen LogP contribution < -0.4 is 20.4 Å². The molecule has 0 aromatic carbocycles. The van der Waals surface area contributed by atoms with E-state index in [0.717, 1.165) is 77.5 Å². The van der Waals surface area contributed by atoms with E-state index in [1.165, 1.54) is 385 Å². The van der Waals surface area contributed by atoms with Gasteiger partial charge in [-0.3, -0.25) is 0 Å². The molecule has 0 heterocycles. The number of hydrogen-bond acceptors (Lipinski definition) is 12. The van der Waals surface area contributed by atoms with Gasteiger partial charge in [-0.1, -0.05) is 449 Å². The first-order valence-corrected chi connectivity index (χ1v) is 46.9. The minimum Gasteiger partial charge on any atom is -0.550 e. The molecule has 0 aromatic rings. The number of carbonyl (C=O) groups is 4. The Kier molecular flexibility index (Phi) is 137. The second-order valence-electron chi connectivity index (χ2n) is 30.2. The number of carbonyl (C=O) groups excluding carboxylic acids is 4. The van der Waals surface area contributed by atoms with Crippen LogP contribution in [0.4, 0.5) is 0 Å². The van der Waals surface area contributed by atoms with Crippen molar-refractivity contribution in [2.45, 2.75) is 518 Å². The Morgan fingerprint density at radius 2 is 0.290 bits per heavy atom. The molecule has 0 radical (unpaired) electrons. The van der Waals surface area contributed by atoms with E-state index in [-0.39, 0.29) is 84.1 Å². The second-order valence-corrected chi connectivity index (χ2v) is 32.3. The normalized spacial score (nSPS) is 10.3. The molecule has 0 aliphatic heterocycles. The quantitative estimate of drug-likeness (QED) is 0.0244. The summed E-state index contributed by atoms with van der Waals surface area (Å²) in [5, 5.41) is 40.9. The summed E-state index contributed by atoms with van der Waals surface area (Å²) in [5.41, 5.74) is 0. The van der Waals surface area contributed by atoms with Crippen LogP contribution in [-0.4, -0.2) is 68.5 Å². The molecule has 0 spiro atoms. The predicted molar refractivity (Wildman–Crippen MR) is 461 cm³/mol. The fourth-order valence-corrected chi connectivity index (χ4v) is 13.3. The van der Waals surface area contributed by atoms with Crippen molar-refractivity contribution in [2.75, 3.05) is 26.2 Å². The number of unbranched alkanes of at least 4 members (excludes halogenated alkanes) is 60. The zero-order valence-corrected chi connectivity index (χ0v) is 84.8. The molecule has 17 heteroatoms. The van der Waals surface area contributed by atoms with E-state index in [4.69, 9.17) is 49.7 Å². The average Bonchev–Trinajstić information content (AvgIpc) is 1.01. The minimum atomic E-state index is -0.903. The van der Waals surface area contributed by atoms with E-state index >= 15 is 0 Å². The first-order valence-electron chi connectivity index (χ1n) is 45.2. The standard InChI is InChI=1S/4C18H36O2.2C9H19NS2.3Zn/c4*1-2-3-4-5-6-7-8-9-10-11-12-13-14-15-16-17-18(19)20;2*1-3-5-7-10(9(11)12)8-6-4-2;;;/h4*2-17H2,1H3,(H,19,20);2*3-8H2,1-2H3,(H,11,12);;;/q;;;;;;3*+2/p-6. The van der Waals surface area contributed by atoms with Gasteiger partial charge in [0.25, 0.3) is 0 Å². The monoisotopic (exact) mass is 1730 g/mol. The Morgan fingerprint density at radius 1 is 0.196 bits per heavy atom. The van der Waals surface area contributed by atoms with Crippen molar-refractivity contribution in [1.29, 1.82) is 0 Å². The Labute approximate surface area is 727 Å². The van der Waals surface area contributed by atoms with Gasteiger partial charge < -0.3 is 99.1 Å². The van der Waals surface area contributed by atoms with Crippen LogP contribution in [0.25, 0.3) is 0 Å². The van der Waals surface area contributed by atoms with Crippen LogP contribution in [0.5, 0.6) is 0 Å². The first kappa shape index (κ1) is 125.